The summed E-state index contributed by atoms with van der Waals surface area (Å²) in [5.41, 5.74) is 0.919. The molecular weight excluding hydrogens is 217 g/mol. The second-order valence-corrected chi connectivity index (χ2v) is 4.14. The maximum atomic E-state index is 11.8. The van der Waals surface area contributed by atoms with E-state index in [1.807, 2.05) is 0 Å². The van der Waals surface area contributed by atoms with Gasteiger partial charge in [0.2, 0.25) is 5.91 Å². The van der Waals surface area contributed by atoms with E-state index >= 15 is 0 Å². The molecule has 1 aromatic rings. The van der Waals surface area contributed by atoms with Crippen LogP contribution in [0.5, 0.6) is 0 Å². The van der Waals surface area contributed by atoms with Gasteiger partial charge in [0.05, 0.1) is 0 Å². The topological polar surface area (TPSA) is 60.8 Å². The molecule has 1 aromatic carbocycles. The molecular formula is C12H14BNO3. The summed E-state index contributed by atoms with van der Waals surface area (Å²) >= 11 is 0. The summed E-state index contributed by atoms with van der Waals surface area (Å²) < 4.78 is 0. The molecule has 88 valence electrons. The second kappa shape index (κ2) is 4.73. The van der Waals surface area contributed by atoms with E-state index in [2.05, 4.69) is 6.58 Å². The Bertz CT molecular complexity index is 447. The minimum absolute atomic E-state index is 0.0111. The molecule has 0 radical (unpaired) electrons. The van der Waals surface area contributed by atoms with E-state index in [4.69, 9.17) is 0 Å². The molecule has 17 heavy (non-hydrogen) atoms. The number of hydrogen-bond acceptors (Lipinski definition) is 3. The average molecular weight is 231 g/mol. The fourth-order valence-electron chi connectivity index (χ4n) is 2.08. The lowest BCUT2D eigenvalue weighted by molar-refractivity contribution is -0.117. The van der Waals surface area contributed by atoms with Crippen molar-refractivity contribution in [3.8, 4) is 0 Å². The molecule has 0 aliphatic carbocycles. The van der Waals surface area contributed by atoms with Gasteiger partial charge >= 0.3 is 7.12 Å². The van der Waals surface area contributed by atoms with Gasteiger partial charge in [-0.05, 0) is 6.07 Å². The van der Waals surface area contributed by atoms with Crippen molar-refractivity contribution < 1.29 is 14.8 Å². The minimum Gasteiger partial charge on any atom is -0.423 e. The fourth-order valence-corrected chi connectivity index (χ4v) is 2.08. The van der Waals surface area contributed by atoms with Gasteiger partial charge in [-0.2, -0.15) is 0 Å². The zero-order valence-electron chi connectivity index (χ0n) is 9.41. The molecule has 1 aliphatic heterocycles. The Morgan fingerprint density at radius 3 is 2.71 bits per heavy atom. The number of nitrogens with zero attached hydrogens (tertiary/aromatic N) is 1. The molecule has 1 amide bonds. The van der Waals surface area contributed by atoms with E-state index in [0.717, 1.165) is 0 Å². The molecule has 1 unspecified atom stereocenters. The van der Waals surface area contributed by atoms with Crippen LogP contribution in [0.1, 0.15) is 6.42 Å². The summed E-state index contributed by atoms with van der Waals surface area (Å²) in [6, 6.07) is 6.81. The first-order valence-electron chi connectivity index (χ1n) is 5.51. The predicted octanol–water partition coefficient (Wildman–Crippen LogP) is -0.0947. The molecule has 1 aliphatic rings. The van der Waals surface area contributed by atoms with E-state index < -0.39 is 7.12 Å². The number of amides is 1. The van der Waals surface area contributed by atoms with Gasteiger partial charge < -0.3 is 14.9 Å². The SMILES string of the molecule is C=CC1CC(=O)N(c2ccccc2B(O)O)C1. The van der Waals surface area contributed by atoms with Crippen molar-refractivity contribution in [1.29, 1.82) is 0 Å². The van der Waals surface area contributed by atoms with Crippen molar-refractivity contribution in [3.63, 3.8) is 0 Å². The molecule has 1 atom stereocenters. The Balaban J connectivity index is 2.34. The summed E-state index contributed by atoms with van der Waals surface area (Å²) in [6.07, 6.45) is 2.19. The molecule has 0 aromatic heterocycles. The van der Waals surface area contributed by atoms with Crippen molar-refractivity contribution in [2.24, 2.45) is 5.92 Å². The third kappa shape index (κ3) is 2.25. The third-order valence-corrected chi connectivity index (χ3v) is 2.99. The van der Waals surface area contributed by atoms with Crippen molar-refractivity contribution >= 4 is 24.2 Å². The number of rotatable bonds is 3. The van der Waals surface area contributed by atoms with Gasteiger partial charge in [0.25, 0.3) is 0 Å². The third-order valence-electron chi connectivity index (χ3n) is 2.99. The first-order chi connectivity index (χ1) is 8.13. The minimum atomic E-state index is -1.57. The fraction of sp³-hybridized carbons (Fsp3) is 0.250. The maximum absolute atomic E-state index is 11.8. The zero-order valence-corrected chi connectivity index (χ0v) is 9.41. The van der Waals surface area contributed by atoms with E-state index in [9.17, 15) is 14.8 Å². The molecule has 2 N–H and O–H groups in total. The van der Waals surface area contributed by atoms with Crippen LogP contribution in [0.2, 0.25) is 0 Å². The van der Waals surface area contributed by atoms with Crippen molar-refractivity contribution in [2.45, 2.75) is 6.42 Å². The summed E-state index contributed by atoms with van der Waals surface area (Å²) in [6.45, 7) is 4.23. The van der Waals surface area contributed by atoms with Crippen LogP contribution >= 0.6 is 0 Å². The lowest BCUT2D eigenvalue weighted by atomic mass is 9.78. The molecule has 4 nitrogen and oxygen atoms in total. The second-order valence-electron chi connectivity index (χ2n) is 4.14. The zero-order chi connectivity index (χ0) is 12.4. The molecule has 2 rings (SSSR count). The smallest absolute Gasteiger partial charge is 0.423 e. The highest BCUT2D eigenvalue weighted by molar-refractivity contribution is 6.60. The number of benzene rings is 1. The largest absolute Gasteiger partial charge is 0.490 e. The summed E-state index contributed by atoms with van der Waals surface area (Å²) in [5, 5.41) is 18.5. The van der Waals surface area contributed by atoms with E-state index in [0.29, 0.717) is 24.1 Å². The van der Waals surface area contributed by atoms with Crippen LogP contribution in [0.3, 0.4) is 0 Å². The number of hydrogen-bond donors (Lipinski definition) is 2. The van der Waals surface area contributed by atoms with Crippen LogP contribution in [0.25, 0.3) is 0 Å². The monoisotopic (exact) mass is 231 g/mol. The molecule has 0 saturated carbocycles. The highest BCUT2D eigenvalue weighted by Gasteiger charge is 2.31. The average Bonchev–Trinajstić information content (AvgIpc) is 2.70. The highest BCUT2D eigenvalue weighted by Crippen LogP contribution is 2.24. The van der Waals surface area contributed by atoms with E-state index in [1.54, 1.807) is 35.2 Å². The molecule has 0 bridgehead atoms. The van der Waals surface area contributed by atoms with Crippen LogP contribution < -0.4 is 10.4 Å². The van der Waals surface area contributed by atoms with Crippen molar-refractivity contribution in [3.05, 3.63) is 36.9 Å². The maximum Gasteiger partial charge on any atom is 0.490 e. The van der Waals surface area contributed by atoms with Gasteiger partial charge in [-0.25, -0.2) is 0 Å². The van der Waals surface area contributed by atoms with Gasteiger partial charge in [-0.15, -0.1) is 6.58 Å². The highest BCUT2D eigenvalue weighted by atomic mass is 16.4. The number of carbonyl (C=O) groups is 1. The standard InChI is InChI=1S/C12H14BNO3/c1-2-9-7-12(15)14(8-9)11-6-4-3-5-10(11)13(16)17/h2-6,9,16-17H,1,7-8H2. The van der Waals surface area contributed by atoms with Gasteiger partial charge in [0.1, 0.15) is 0 Å². The van der Waals surface area contributed by atoms with Gasteiger partial charge in [-0.3, -0.25) is 4.79 Å². The first kappa shape index (κ1) is 11.9. The Kier molecular flexibility index (Phi) is 3.31. The Morgan fingerprint density at radius 2 is 2.12 bits per heavy atom. The van der Waals surface area contributed by atoms with Crippen LogP contribution in [0.15, 0.2) is 36.9 Å². The van der Waals surface area contributed by atoms with Crippen molar-refractivity contribution in [2.75, 3.05) is 11.4 Å². The van der Waals surface area contributed by atoms with Crippen LogP contribution in [-0.4, -0.2) is 29.6 Å². The molecule has 0 spiro atoms. The summed E-state index contributed by atoms with van der Waals surface area (Å²) in [7, 11) is -1.57. The molecule has 1 fully saturated rings. The number of para-hydroxylation sites is 1. The van der Waals surface area contributed by atoms with Crippen LogP contribution in [0.4, 0.5) is 5.69 Å². The van der Waals surface area contributed by atoms with Crippen LogP contribution in [-0.2, 0) is 4.79 Å². The van der Waals surface area contributed by atoms with Gasteiger partial charge in [0, 0.05) is 30.0 Å². The molecule has 5 heteroatoms. The number of anilines is 1. The Labute approximate surface area is 100 Å². The van der Waals surface area contributed by atoms with Crippen LogP contribution in [0, 0.1) is 5.92 Å². The normalized spacial score (nSPS) is 19.5. The lowest BCUT2D eigenvalue weighted by Crippen LogP contribution is -2.37. The first-order valence-corrected chi connectivity index (χ1v) is 5.51. The lowest BCUT2D eigenvalue weighted by Gasteiger charge is -2.19. The quantitative estimate of drug-likeness (QED) is 0.564. The molecule has 1 saturated heterocycles. The van der Waals surface area contributed by atoms with Gasteiger partial charge in [-0.1, -0.05) is 24.3 Å². The Hall–Kier alpha value is -1.59. The predicted molar refractivity (Wildman–Crippen MR) is 66.9 cm³/mol. The number of carbonyl (C=O) groups excluding carboxylic acids is 1. The van der Waals surface area contributed by atoms with E-state index in [1.165, 1.54) is 0 Å². The summed E-state index contributed by atoms with van der Waals surface area (Å²) in [5.74, 6) is 0.120. The Morgan fingerprint density at radius 1 is 1.41 bits per heavy atom. The molecule has 1 heterocycles. The summed E-state index contributed by atoms with van der Waals surface area (Å²) in [4.78, 5) is 13.4. The van der Waals surface area contributed by atoms with Gasteiger partial charge in [0.15, 0.2) is 0 Å². The van der Waals surface area contributed by atoms with E-state index in [-0.39, 0.29) is 11.8 Å². The van der Waals surface area contributed by atoms with Crippen molar-refractivity contribution in [1.82, 2.24) is 0 Å².